The number of hydrogen-bond acceptors (Lipinski definition) is 4. The molecule has 2 rings (SSSR count). The van der Waals surface area contributed by atoms with E-state index in [1.165, 1.54) is 19.3 Å². The third kappa shape index (κ3) is 6.34. The van der Waals surface area contributed by atoms with Crippen LogP contribution in [0.3, 0.4) is 0 Å². The minimum atomic E-state index is -1.07. The van der Waals surface area contributed by atoms with Gasteiger partial charge in [-0.05, 0) is 35.8 Å². The lowest BCUT2D eigenvalue weighted by molar-refractivity contribution is -0.142. The molecule has 0 fully saturated rings. The van der Waals surface area contributed by atoms with Gasteiger partial charge in [0.05, 0.1) is 7.11 Å². The zero-order chi connectivity index (χ0) is 22.1. The van der Waals surface area contributed by atoms with E-state index in [1.807, 2.05) is 6.92 Å². The average molecular weight is 415 g/mol. The molecule has 0 aliphatic rings. The van der Waals surface area contributed by atoms with Crippen molar-refractivity contribution in [2.75, 3.05) is 7.11 Å². The summed E-state index contributed by atoms with van der Waals surface area (Å²) >= 11 is 0. The van der Waals surface area contributed by atoms with Crippen LogP contribution in [-0.2, 0) is 16.2 Å². The number of carboxylic acid groups (broad SMARTS) is 1. The SMILES string of the molecule is CCC(C)C(NC(=O)/C=C/c1ccc(OCc2ccccc2F)c(OC)c1)C(=O)O. The Kier molecular flexibility index (Phi) is 8.41. The number of amides is 1. The van der Waals surface area contributed by atoms with E-state index in [9.17, 15) is 19.1 Å². The molecule has 0 bridgehead atoms. The predicted octanol–water partition coefficient (Wildman–Crippen LogP) is 4.04. The molecule has 2 N–H and O–H groups in total. The summed E-state index contributed by atoms with van der Waals surface area (Å²) in [7, 11) is 1.48. The highest BCUT2D eigenvalue weighted by molar-refractivity contribution is 5.94. The summed E-state index contributed by atoms with van der Waals surface area (Å²) in [5.74, 6) is -1.24. The fraction of sp³-hybridized carbons (Fsp3) is 0.304. The topological polar surface area (TPSA) is 84.9 Å². The quantitative estimate of drug-likeness (QED) is 0.572. The third-order valence-corrected chi connectivity index (χ3v) is 4.73. The number of aliphatic carboxylic acids is 1. The molecule has 2 atom stereocenters. The van der Waals surface area contributed by atoms with Gasteiger partial charge < -0.3 is 19.9 Å². The van der Waals surface area contributed by atoms with Crippen LogP contribution in [0.1, 0.15) is 31.4 Å². The summed E-state index contributed by atoms with van der Waals surface area (Å²) in [4.78, 5) is 23.4. The molecule has 30 heavy (non-hydrogen) atoms. The predicted molar refractivity (Wildman–Crippen MR) is 112 cm³/mol. The van der Waals surface area contributed by atoms with Gasteiger partial charge in [-0.2, -0.15) is 0 Å². The van der Waals surface area contributed by atoms with Crippen molar-refractivity contribution in [3.8, 4) is 11.5 Å². The molecule has 0 saturated heterocycles. The minimum absolute atomic E-state index is 0.0484. The molecular weight excluding hydrogens is 389 g/mol. The number of carboxylic acids is 1. The first-order chi connectivity index (χ1) is 14.3. The standard InChI is InChI=1S/C23H26FNO5/c1-4-15(2)22(23(27)28)25-21(26)12-10-16-9-11-19(20(13-16)29-3)30-14-17-7-5-6-8-18(17)24/h5-13,15,22H,4,14H2,1-3H3,(H,25,26)(H,27,28)/b12-10+. The van der Waals surface area contributed by atoms with Crippen molar-refractivity contribution in [1.82, 2.24) is 5.32 Å². The van der Waals surface area contributed by atoms with Crippen molar-refractivity contribution < 1.29 is 28.6 Å². The normalized spacial score (nSPS) is 12.9. The van der Waals surface area contributed by atoms with Gasteiger partial charge in [0.15, 0.2) is 11.5 Å². The number of methoxy groups -OCH3 is 1. The highest BCUT2D eigenvalue weighted by Gasteiger charge is 2.24. The number of halogens is 1. The highest BCUT2D eigenvalue weighted by atomic mass is 19.1. The van der Waals surface area contributed by atoms with Gasteiger partial charge in [-0.1, -0.05) is 44.5 Å². The Morgan fingerprint density at radius 2 is 1.93 bits per heavy atom. The lowest BCUT2D eigenvalue weighted by Gasteiger charge is -2.19. The lowest BCUT2D eigenvalue weighted by Crippen LogP contribution is -2.44. The Hall–Kier alpha value is -3.35. The van der Waals surface area contributed by atoms with Crippen molar-refractivity contribution in [3.63, 3.8) is 0 Å². The lowest BCUT2D eigenvalue weighted by atomic mass is 9.99. The summed E-state index contributed by atoms with van der Waals surface area (Å²) in [5.41, 5.74) is 1.09. The van der Waals surface area contributed by atoms with E-state index in [0.29, 0.717) is 29.0 Å². The molecule has 2 aromatic rings. The molecule has 0 aromatic heterocycles. The highest BCUT2D eigenvalue weighted by Crippen LogP contribution is 2.29. The Morgan fingerprint density at radius 3 is 2.57 bits per heavy atom. The van der Waals surface area contributed by atoms with Gasteiger partial charge in [-0.3, -0.25) is 4.79 Å². The van der Waals surface area contributed by atoms with Gasteiger partial charge >= 0.3 is 5.97 Å². The van der Waals surface area contributed by atoms with Crippen molar-refractivity contribution in [2.45, 2.75) is 32.9 Å². The van der Waals surface area contributed by atoms with Crippen molar-refractivity contribution in [3.05, 3.63) is 65.5 Å². The van der Waals surface area contributed by atoms with E-state index in [1.54, 1.807) is 49.4 Å². The summed E-state index contributed by atoms with van der Waals surface area (Å²) in [6.07, 6.45) is 3.45. The Balaban J connectivity index is 2.05. The van der Waals surface area contributed by atoms with E-state index >= 15 is 0 Å². The second-order valence-electron chi connectivity index (χ2n) is 6.83. The van der Waals surface area contributed by atoms with Crippen LogP contribution in [0.4, 0.5) is 4.39 Å². The molecule has 0 aliphatic heterocycles. The van der Waals surface area contributed by atoms with Crippen LogP contribution in [0, 0.1) is 11.7 Å². The van der Waals surface area contributed by atoms with E-state index in [2.05, 4.69) is 5.32 Å². The van der Waals surface area contributed by atoms with Gasteiger partial charge in [0.1, 0.15) is 18.5 Å². The van der Waals surface area contributed by atoms with Crippen LogP contribution in [0.2, 0.25) is 0 Å². The van der Waals surface area contributed by atoms with E-state index < -0.39 is 17.9 Å². The number of carbonyl (C=O) groups is 2. The van der Waals surface area contributed by atoms with E-state index in [0.717, 1.165) is 0 Å². The monoisotopic (exact) mass is 415 g/mol. The number of rotatable bonds is 10. The maximum absolute atomic E-state index is 13.7. The van der Waals surface area contributed by atoms with Gasteiger partial charge in [-0.15, -0.1) is 0 Å². The Bertz CT molecular complexity index is 912. The first-order valence-electron chi connectivity index (χ1n) is 9.61. The van der Waals surface area contributed by atoms with Crippen LogP contribution in [0.15, 0.2) is 48.5 Å². The van der Waals surface area contributed by atoms with Crippen LogP contribution in [-0.4, -0.2) is 30.1 Å². The summed E-state index contributed by atoms with van der Waals surface area (Å²) in [5, 5.41) is 11.8. The zero-order valence-electron chi connectivity index (χ0n) is 17.2. The van der Waals surface area contributed by atoms with Crippen molar-refractivity contribution in [1.29, 1.82) is 0 Å². The summed E-state index contributed by atoms with van der Waals surface area (Å²) in [6, 6.07) is 10.4. The second-order valence-corrected chi connectivity index (χ2v) is 6.83. The number of nitrogens with one attached hydrogen (secondary N) is 1. The smallest absolute Gasteiger partial charge is 0.326 e. The Morgan fingerprint density at radius 1 is 1.20 bits per heavy atom. The molecule has 2 aromatic carbocycles. The number of carbonyl (C=O) groups excluding carboxylic acids is 1. The van der Waals surface area contributed by atoms with Crippen molar-refractivity contribution >= 4 is 18.0 Å². The van der Waals surface area contributed by atoms with Crippen LogP contribution >= 0.6 is 0 Å². The zero-order valence-corrected chi connectivity index (χ0v) is 17.2. The number of ether oxygens (including phenoxy) is 2. The molecule has 0 heterocycles. The third-order valence-electron chi connectivity index (χ3n) is 4.73. The molecule has 0 aliphatic carbocycles. The molecule has 2 unspecified atom stereocenters. The maximum atomic E-state index is 13.7. The molecule has 160 valence electrons. The summed E-state index contributed by atoms with van der Waals surface area (Å²) in [6.45, 7) is 3.69. The average Bonchev–Trinajstić information content (AvgIpc) is 2.75. The van der Waals surface area contributed by atoms with Crippen LogP contribution < -0.4 is 14.8 Å². The van der Waals surface area contributed by atoms with E-state index in [-0.39, 0.29) is 18.3 Å². The first kappa shape index (κ1) is 22.9. The molecular formula is C23H26FNO5. The first-order valence-corrected chi connectivity index (χ1v) is 9.61. The van der Waals surface area contributed by atoms with Gasteiger partial charge in [0.2, 0.25) is 5.91 Å². The number of benzene rings is 2. The van der Waals surface area contributed by atoms with Crippen LogP contribution in [0.25, 0.3) is 6.08 Å². The molecule has 7 heteroatoms. The maximum Gasteiger partial charge on any atom is 0.326 e. The molecule has 6 nitrogen and oxygen atoms in total. The summed E-state index contributed by atoms with van der Waals surface area (Å²) < 4.78 is 24.7. The van der Waals surface area contributed by atoms with Gasteiger partial charge in [0.25, 0.3) is 0 Å². The van der Waals surface area contributed by atoms with Crippen LogP contribution in [0.5, 0.6) is 11.5 Å². The second kappa shape index (κ2) is 11.0. The minimum Gasteiger partial charge on any atom is -0.493 e. The fourth-order valence-corrected chi connectivity index (χ4v) is 2.73. The molecule has 0 radical (unpaired) electrons. The molecule has 1 amide bonds. The van der Waals surface area contributed by atoms with Gasteiger partial charge in [-0.25, -0.2) is 9.18 Å². The number of hydrogen-bond donors (Lipinski definition) is 2. The largest absolute Gasteiger partial charge is 0.493 e. The van der Waals surface area contributed by atoms with E-state index in [4.69, 9.17) is 9.47 Å². The Labute approximate surface area is 175 Å². The molecule has 0 saturated carbocycles. The fourth-order valence-electron chi connectivity index (χ4n) is 2.73. The van der Waals surface area contributed by atoms with Crippen molar-refractivity contribution in [2.24, 2.45) is 5.92 Å². The molecule has 0 spiro atoms. The van der Waals surface area contributed by atoms with Gasteiger partial charge in [0, 0.05) is 11.6 Å².